The van der Waals surface area contributed by atoms with Gasteiger partial charge in [0.2, 0.25) is 0 Å². The van der Waals surface area contributed by atoms with Gasteiger partial charge < -0.3 is 17.2 Å². The van der Waals surface area contributed by atoms with Gasteiger partial charge in [-0.3, -0.25) is 0 Å². The lowest BCUT2D eigenvalue weighted by molar-refractivity contribution is 0.752. The van der Waals surface area contributed by atoms with Gasteiger partial charge in [-0.2, -0.15) is 0 Å². The van der Waals surface area contributed by atoms with Gasteiger partial charge in [-0.15, -0.1) is 0 Å². The first kappa shape index (κ1) is 7.23. The molecule has 0 heterocycles. The van der Waals surface area contributed by atoms with Crippen LogP contribution in [0.1, 0.15) is 6.92 Å². The van der Waals surface area contributed by atoms with Crippen LogP contribution < -0.4 is 17.2 Å². The summed E-state index contributed by atoms with van der Waals surface area (Å²) in [6, 6.07) is 0.0417. The van der Waals surface area contributed by atoms with Gasteiger partial charge in [0.1, 0.15) is 0 Å². The summed E-state index contributed by atoms with van der Waals surface area (Å²) in [6.45, 7) is 2.33. The maximum Gasteiger partial charge on any atom is 0.186 e. The largest absolute Gasteiger partial charge is 0.370 e. The van der Waals surface area contributed by atoms with Crippen molar-refractivity contribution in [3.63, 3.8) is 0 Å². The maximum absolute atomic E-state index is 5.20. The number of guanidine groups is 1. The molecule has 0 saturated heterocycles. The first-order chi connectivity index (χ1) is 3.66. The van der Waals surface area contributed by atoms with Crippen LogP contribution in [0, 0.1) is 0 Å². The molecule has 8 heavy (non-hydrogen) atoms. The molecule has 0 rings (SSSR count). The average Bonchev–Trinajstić information content (AvgIpc) is 1.65. The van der Waals surface area contributed by atoms with Gasteiger partial charge in [-0.05, 0) is 6.92 Å². The number of rotatable bonds is 2. The Kier molecular flexibility index (Phi) is 2.95. The molecule has 0 aromatic rings. The Labute approximate surface area is 48.7 Å². The fraction of sp³-hybridized carbons (Fsp3) is 0.750. The van der Waals surface area contributed by atoms with Gasteiger partial charge in [0.05, 0.1) is 6.04 Å². The molecule has 1 unspecified atom stereocenters. The third-order valence-corrected chi connectivity index (χ3v) is 0.711. The van der Waals surface area contributed by atoms with Crippen molar-refractivity contribution < 1.29 is 0 Å². The van der Waals surface area contributed by atoms with Crippen molar-refractivity contribution in [1.29, 1.82) is 0 Å². The lowest BCUT2D eigenvalue weighted by atomic mass is 10.4. The van der Waals surface area contributed by atoms with Gasteiger partial charge in [0, 0.05) is 6.54 Å². The summed E-state index contributed by atoms with van der Waals surface area (Å²) in [5.41, 5.74) is 15.3. The number of hydrogen-bond acceptors (Lipinski definition) is 2. The van der Waals surface area contributed by atoms with Gasteiger partial charge in [-0.1, -0.05) is 0 Å². The SMILES string of the molecule is CC(CN)N=C(N)N. The Bertz CT molecular complexity index is 84.0. The molecule has 6 N–H and O–H groups in total. The number of aliphatic imine (C=N–C) groups is 1. The summed E-state index contributed by atoms with van der Waals surface area (Å²) in [4.78, 5) is 3.74. The Hall–Kier alpha value is -0.770. The lowest BCUT2D eigenvalue weighted by Gasteiger charge is -1.99. The van der Waals surface area contributed by atoms with E-state index in [4.69, 9.17) is 17.2 Å². The highest BCUT2D eigenvalue weighted by molar-refractivity contribution is 5.75. The molecule has 48 valence electrons. The Balaban J connectivity index is 3.51. The molecule has 1 atom stereocenters. The van der Waals surface area contributed by atoms with E-state index in [1.54, 1.807) is 0 Å². The van der Waals surface area contributed by atoms with Gasteiger partial charge in [0.25, 0.3) is 0 Å². The van der Waals surface area contributed by atoms with Crippen molar-refractivity contribution in [3.05, 3.63) is 0 Å². The van der Waals surface area contributed by atoms with Gasteiger partial charge >= 0.3 is 0 Å². The van der Waals surface area contributed by atoms with Crippen LogP contribution in [-0.2, 0) is 0 Å². The molecule has 0 saturated carbocycles. The topological polar surface area (TPSA) is 90.4 Å². The monoisotopic (exact) mass is 116 g/mol. The lowest BCUT2D eigenvalue weighted by Crippen LogP contribution is -2.27. The fourth-order valence-electron chi connectivity index (χ4n) is 0.307. The van der Waals surface area contributed by atoms with E-state index in [2.05, 4.69) is 4.99 Å². The Morgan fingerprint density at radius 1 is 1.62 bits per heavy atom. The van der Waals surface area contributed by atoms with E-state index >= 15 is 0 Å². The van der Waals surface area contributed by atoms with E-state index in [1.165, 1.54) is 0 Å². The second kappa shape index (κ2) is 3.26. The highest BCUT2D eigenvalue weighted by atomic mass is 15.0. The van der Waals surface area contributed by atoms with Crippen molar-refractivity contribution in [2.45, 2.75) is 13.0 Å². The molecule has 0 fully saturated rings. The van der Waals surface area contributed by atoms with E-state index in [1.807, 2.05) is 6.92 Å². The zero-order valence-corrected chi connectivity index (χ0v) is 4.96. The minimum Gasteiger partial charge on any atom is -0.370 e. The summed E-state index contributed by atoms with van der Waals surface area (Å²) in [5, 5.41) is 0. The number of hydrogen-bond donors (Lipinski definition) is 3. The van der Waals surface area contributed by atoms with Gasteiger partial charge in [-0.25, -0.2) is 4.99 Å². The molecule has 4 nitrogen and oxygen atoms in total. The second-order valence-corrected chi connectivity index (χ2v) is 1.64. The predicted molar refractivity (Wildman–Crippen MR) is 34.3 cm³/mol. The first-order valence-corrected chi connectivity index (χ1v) is 2.45. The van der Waals surface area contributed by atoms with Crippen LogP contribution in [-0.4, -0.2) is 18.5 Å². The van der Waals surface area contributed by atoms with E-state index in [0.29, 0.717) is 6.54 Å². The molecule has 4 heteroatoms. The molecular weight excluding hydrogens is 104 g/mol. The highest BCUT2D eigenvalue weighted by Crippen LogP contribution is 1.80. The number of nitrogens with two attached hydrogens (primary N) is 3. The first-order valence-electron chi connectivity index (χ1n) is 2.45. The molecule has 0 spiro atoms. The molecule has 0 aromatic heterocycles. The average molecular weight is 116 g/mol. The van der Waals surface area contributed by atoms with E-state index < -0.39 is 0 Å². The van der Waals surface area contributed by atoms with Crippen LogP contribution in [0.15, 0.2) is 4.99 Å². The standard InChI is InChI=1S/C4H12N4/c1-3(2-5)8-4(6)7/h3H,2,5H2,1H3,(H4,6,7,8). The highest BCUT2D eigenvalue weighted by Gasteiger charge is 1.91. The van der Waals surface area contributed by atoms with Crippen LogP contribution in [0.25, 0.3) is 0 Å². The molecule has 0 amide bonds. The predicted octanol–water partition coefficient (Wildman–Crippen LogP) is -1.39. The zero-order valence-electron chi connectivity index (χ0n) is 4.96. The van der Waals surface area contributed by atoms with Crippen molar-refractivity contribution in [2.75, 3.05) is 6.54 Å². The number of nitrogens with zero attached hydrogens (tertiary/aromatic N) is 1. The summed E-state index contributed by atoms with van der Waals surface area (Å²) in [7, 11) is 0. The minimum atomic E-state index is 0.0417. The zero-order chi connectivity index (χ0) is 6.57. The molecule has 0 aromatic carbocycles. The quantitative estimate of drug-likeness (QED) is 0.306. The van der Waals surface area contributed by atoms with Crippen molar-refractivity contribution in [1.82, 2.24) is 0 Å². The fourth-order valence-corrected chi connectivity index (χ4v) is 0.307. The van der Waals surface area contributed by atoms with Crippen molar-refractivity contribution in [2.24, 2.45) is 22.2 Å². The van der Waals surface area contributed by atoms with Crippen LogP contribution in [0.3, 0.4) is 0 Å². The normalized spacial score (nSPS) is 12.8. The Morgan fingerprint density at radius 3 is 2.25 bits per heavy atom. The maximum atomic E-state index is 5.20. The van der Waals surface area contributed by atoms with E-state index in [0.717, 1.165) is 0 Å². The third kappa shape index (κ3) is 3.42. The summed E-state index contributed by atoms with van der Waals surface area (Å²) >= 11 is 0. The molecule has 0 aliphatic rings. The van der Waals surface area contributed by atoms with E-state index in [9.17, 15) is 0 Å². The molecular formula is C4H12N4. The summed E-state index contributed by atoms with van der Waals surface area (Å²) in [6.07, 6.45) is 0. The van der Waals surface area contributed by atoms with Crippen molar-refractivity contribution in [3.8, 4) is 0 Å². The molecule has 0 aliphatic heterocycles. The molecule has 0 radical (unpaired) electrons. The third-order valence-electron chi connectivity index (χ3n) is 0.711. The van der Waals surface area contributed by atoms with Crippen LogP contribution >= 0.6 is 0 Å². The summed E-state index contributed by atoms with van der Waals surface area (Å²) in [5.74, 6) is 0.1000. The van der Waals surface area contributed by atoms with Crippen molar-refractivity contribution >= 4 is 5.96 Å². The van der Waals surface area contributed by atoms with Crippen LogP contribution in [0.5, 0.6) is 0 Å². The molecule has 0 aliphatic carbocycles. The minimum absolute atomic E-state index is 0.0417. The van der Waals surface area contributed by atoms with Gasteiger partial charge in [0.15, 0.2) is 5.96 Å². The smallest absolute Gasteiger partial charge is 0.186 e. The van der Waals surface area contributed by atoms with E-state index in [-0.39, 0.29) is 12.0 Å². The Morgan fingerprint density at radius 2 is 2.12 bits per heavy atom. The van der Waals surface area contributed by atoms with Crippen LogP contribution in [0.4, 0.5) is 0 Å². The summed E-state index contributed by atoms with van der Waals surface area (Å²) < 4.78 is 0. The van der Waals surface area contributed by atoms with Crippen LogP contribution in [0.2, 0.25) is 0 Å². The molecule has 0 bridgehead atoms. The second-order valence-electron chi connectivity index (χ2n) is 1.64.